The minimum atomic E-state index is -4.85. The zero-order valence-corrected chi connectivity index (χ0v) is 16.9. The van der Waals surface area contributed by atoms with E-state index in [0.29, 0.717) is 36.7 Å². The molecule has 0 unspecified atom stereocenters. The predicted molar refractivity (Wildman–Crippen MR) is 105 cm³/mol. The maximum absolute atomic E-state index is 12.6. The molecule has 1 aromatic heterocycles. The van der Waals surface area contributed by atoms with Gasteiger partial charge in [0.2, 0.25) is 0 Å². The van der Waals surface area contributed by atoms with Gasteiger partial charge in [0.05, 0.1) is 12.2 Å². The number of nitrogen functional groups attached to an aromatic ring is 1. The van der Waals surface area contributed by atoms with Gasteiger partial charge in [-0.05, 0) is 27.4 Å². The fraction of sp³-hybridized carbons (Fsp3) is 0.474. The van der Waals surface area contributed by atoms with E-state index in [-0.39, 0.29) is 24.4 Å². The lowest BCUT2D eigenvalue weighted by molar-refractivity contribution is -0.274. The first-order valence-corrected chi connectivity index (χ1v) is 9.31. The van der Waals surface area contributed by atoms with Crippen LogP contribution in [0.25, 0.3) is 0 Å². The van der Waals surface area contributed by atoms with Gasteiger partial charge in [-0.25, -0.2) is 0 Å². The van der Waals surface area contributed by atoms with Gasteiger partial charge in [-0.1, -0.05) is 0 Å². The van der Waals surface area contributed by atoms with E-state index in [9.17, 15) is 18.3 Å². The second kappa shape index (κ2) is 8.42. The number of alkyl halides is 3. The van der Waals surface area contributed by atoms with Crippen LogP contribution < -0.4 is 20.1 Å². The van der Waals surface area contributed by atoms with Gasteiger partial charge in [0, 0.05) is 42.5 Å². The van der Waals surface area contributed by atoms with Crippen LogP contribution in [0.5, 0.6) is 17.5 Å². The molecule has 0 aliphatic carbocycles. The molecule has 2 heterocycles. The molecule has 8 nitrogen and oxygen atoms in total. The fourth-order valence-electron chi connectivity index (χ4n) is 3.38. The molecular formula is C19H24F3N5O3. The van der Waals surface area contributed by atoms with Gasteiger partial charge in [0.25, 0.3) is 0 Å². The Kier molecular flexibility index (Phi) is 6.11. The van der Waals surface area contributed by atoms with Gasteiger partial charge in [-0.2, -0.15) is 9.97 Å². The average molecular weight is 427 g/mol. The van der Waals surface area contributed by atoms with Crippen LogP contribution in [-0.4, -0.2) is 59.6 Å². The number of aromatic hydroxyl groups is 1. The maximum Gasteiger partial charge on any atom is 0.573 e. The van der Waals surface area contributed by atoms with E-state index in [1.165, 1.54) is 12.1 Å². The number of anilines is 2. The van der Waals surface area contributed by atoms with Crippen molar-refractivity contribution in [1.29, 1.82) is 0 Å². The summed E-state index contributed by atoms with van der Waals surface area (Å²) in [5.41, 5.74) is 7.86. The van der Waals surface area contributed by atoms with Crippen LogP contribution in [0.15, 0.2) is 18.2 Å². The summed E-state index contributed by atoms with van der Waals surface area (Å²) in [5, 5.41) is 9.83. The minimum Gasteiger partial charge on any atom is -0.508 e. The first-order chi connectivity index (χ1) is 14.0. The van der Waals surface area contributed by atoms with Crippen molar-refractivity contribution in [2.45, 2.75) is 32.4 Å². The molecule has 0 saturated heterocycles. The summed E-state index contributed by atoms with van der Waals surface area (Å²) >= 11 is 0. The second-order valence-electron chi connectivity index (χ2n) is 7.41. The lowest BCUT2D eigenvalue weighted by Gasteiger charge is -2.31. The number of likely N-dealkylation sites (N-methyl/N-ethyl adjacent to an activating group) is 1. The highest BCUT2D eigenvalue weighted by atomic mass is 19.4. The van der Waals surface area contributed by atoms with Crippen LogP contribution >= 0.6 is 0 Å². The van der Waals surface area contributed by atoms with Crippen molar-refractivity contribution < 1.29 is 27.8 Å². The molecule has 1 aliphatic rings. The number of aromatic nitrogens is 2. The first-order valence-electron chi connectivity index (χ1n) is 9.31. The van der Waals surface area contributed by atoms with Crippen molar-refractivity contribution in [3.05, 3.63) is 29.5 Å². The molecule has 1 atom stereocenters. The van der Waals surface area contributed by atoms with Gasteiger partial charge >= 0.3 is 12.4 Å². The van der Waals surface area contributed by atoms with Crippen molar-refractivity contribution in [3.63, 3.8) is 0 Å². The van der Waals surface area contributed by atoms with Gasteiger partial charge in [-0.15, -0.1) is 13.2 Å². The summed E-state index contributed by atoms with van der Waals surface area (Å²) in [7, 11) is 3.84. The molecule has 30 heavy (non-hydrogen) atoms. The third kappa shape index (κ3) is 5.56. The number of hydrogen-bond donors (Lipinski definition) is 2. The van der Waals surface area contributed by atoms with Crippen LogP contribution in [0, 0.1) is 0 Å². The van der Waals surface area contributed by atoms with Crippen LogP contribution in [0.1, 0.15) is 18.2 Å². The Hall–Kier alpha value is -2.95. The highest BCUT2D eigenvalue weighted by Gasteiger charge is 2.32. The zero-order chi connectivity index (χ0) is 22.1. The summed E-state index contributed by atoms with van der Waals surface area (Å²) in [4.78, 5) is 12.4. The first kappa shape index (κ1) is 21.8. The van der Waals surface area contributed by atoms with E-state index in [1.54, 1.807) is 4.90 Å². The number of hydrogen-bond acceptors (Lipinski definition) is 8. The van der Waals surface area contributed by atoms with Crippen LogP contribution in [0.2, 0.25) is 0 Å². The average Bonchev–Trinajstić information content (AvgIpc) is 2.58. The molecule has 1 aromatic carbocycles. The number of nitrogens with zero attached hydrogens (tertiary/aromatic N) is 4. The van der Waals surface area contributed by atoms with Gasteiger partial charge in [0.15, 0.2) is 0 Å². The number of ether oxygens (including phenoxy) is 2. The summed E-state index contributed by atoms with van der Waals surface area (Å²) in [6.07, 6.45) is -4.51. The van der Waals surface area contributed by atoms with E-state index in [4.69, 9.17) is 10.5 Å². The number of nitrogens with two attached hydrogens (primary N) is 1. The van der Waals surface area contributed by atoms with Crippen LogP contribution in [-0.2, 0) is 13.0 Å². The molecule has 0 fully saturated rings. The molecule has 1 aliphatic heterocycles. The van der Waals surface area contributed by atoms with Crippen molar-refractivity contribution >= 4 is 11.5 Å². The molecular weight excluding hydrogens is 403 g/mol. The maximum atomic E-state index is 12.6. The third-order valence-electron chi connectivity index (χ3n) is 4.48. The van der Waals surface area contributed by atoms with E-state index in [0.717, 1.165) is 11.6 Å². The Morgan fingerprint density at radius 1 is 1.27 bits per heavy atom. The molecule has 0 radical (unpaired) electrons. The number of benzene rings is 1. The minimum absolute atomic E-state index is 0.152. The monoisotopic (exact) mass is 427 g/mol. The molecule has 3 rings (SSSR count). The lowest BCUT2D eigenvalue weighted by atomic mass is 10.0. The molecule has 0 saturated carbocycles. The van der Waals surface area contributed by atoms with Gasteiger partial charge < -0.3 is 30.1 Å². The Bertz CT molecular complexity index is 908. The number of rotatable bonds is 6. The number of halogens is 3. The summed E-state index contributed by atoms with van der Waals surface area (Å²) < 4.78 is 47.4. The molecule has 2 aromatic rings. The molecule has 0 bridgehead atoms. The van der Waals surface area contributed by atoms with Crippen molar-refractivity contribution in [2.75, 3.05) is 37.8 Å². The summed E-state index contributed by atoms with van der Waals surface area (Å²) in [6, 6.07) is 3.65. The lowest BCUT2D eigenvalue weighted by Crippen LogP contribution is -2.33. The van der Waals surface area contributed by atoms with E-state index in [1.807, 2.05) is 25.9 Å². The quantitative estimate of drug-likeness (QED) is 0.726. The molecule has 3 N–H and O–H groups in total. The smallest absolute Gasteiger partial charge is 0.508 e. The Balaban J connectivity index is 1.82. The second-order valence-corrected chi connectivity index (χ2v) is 7.41. The molecule has 164 valence electrons. The number of phenolic OH excluding ortho intramolecular Hbond substituents is 1. The van der Waals surface area contributed by atoms with E-state index in [2.05, 4.69) is 14.7 Å². The largest absolute Gasteiger partial charge is 0.573 e. The van der Waals surface area contributed by atoms with E-state index < -0.39 is 12.1 Å². The number of fused-ring (bicyclic) bond motifs is 1. The SMILES string of the molecule is C[C@H](CN(C)C)Oc1nc(N)c2c(n1)CN(c1cc(O)cc(OC(F)(F)F)c1)CC2. The Morgan fingerprint density at radius 2 is 2.00 bits per heavy atom. The van der Waals surface area contributed by atoms with Crippen molar-refractivity contribution in [3.8, 4) is 17.5 Å². The molecule has 0 spiro atoms. The zero-order valence-electron chi connectivity index (χ0n) is 16.9. The van der Waals surface area contributed by atoms with Crippen LogP contribution in [0.3, 0.4) is 0 Å². The van der Waals surface area contributed by atoms with Crippen molar-refractivity contribution in [1.82, 2.24) is 14.9 Å². The van der Waals surface area contributed by atoms with E-state index >= 15 is 0 Å². The highest BCUT2D eigenvalue weighted by molar-refractivity contribution is 5.58. The Morgan fingerprint density at radius 3 is 2.67 bits per heavy atom. The Labute approximate surface area is 172 Å². The highest BCUT2D eigenvalue weighted by Crippen LogP contribution is 2.34. The van der Waals surface area contributed by atoms with Gasteiger partial charge in [-0.3, -0.25) is 0 Å². The van der Waals surface area contributed by atoms with Crippen molar-refractivity contribution in [2.24, 2.45) is 0 Å². The van der Waals surface area contributed by atoms with Crippen LogP contribution in [0.4, 0.5) is 24.7 Å². The summed E-state index contributed by atoms with van der Waals surface area (Å²) in [5.74, 6) is -0.503. The molecule has 11 heteroatoms. The standard InChI is InChI=1S/C19H24F3N5O3/c1-11(9-26(2)3)29-18-24-16-10-27(5-4-15(16)17(23)25-18)12-6-13(28)8-14(7-12)30-19(20,21)22/h6-8,11,28H,4-5,9-10H2,1-3H3,(H2,23,24,25)/t11-/m1/s1. The molecule has 0 amide bonds. The number of phenols is 1. The fourth-order valence-corrected chi connectivity index (χ4v) is 3.38. The normalized spacial score (nSPS) is 15.1. The summed E-state index contributed by atoms with van der Waals surface area (Å²) in [6.45, 7) is 3.29. The van der Waals surface area contributed by atoms with Gasteiger partial charge in [0.1, 0.15) is 23.4 Å². The predicted octanol–water partition coefficient (Wildman–Crippen LogP) is 2.55. The topological polar surface area (TPSA) is 97.0 Å². The third-order valence-corrected chi connectivity index (χ3v) is 4.48.